The van der Waals surface area contributed by atoms with E-state index >= 15 is 0 Å². The van der Waals surface area contributed by atoms with Crippen LogP contribution < -0.4 is 51.4 Å². The molecular weight excluding hydrogens is 828 g/mol. The first-order valence-electron chi connectivity index (χ1n) is 17.8. The van der Waals surface area contributed by atoms with Crippen LogP contribution in [0.5, 0.6) is 11.5 Å². The number of methoxy groups -OCH3 is 2. The molecular formula is C42H36N6O6S2Se. The molecule has 0 aliphatic carbocycles. The summed E-state index contributed by atoms with van der Waals surface area (Å²) in [6, 6.07) is 30.2. The topological polar surface area (TPSA) is 153 Å². The number of anilines is 2. The molecule has 288 valence electrons. The number of ether oxygens (including phenoxy) is 2. The van der Waals surface area contributed by atoms with Crippen LogP contribution in [-0.4, -0.2) is 39.1 Å². The summed E-state index contributed by atoms with van der Waals surface area (Å²) in [6.07, 6.45) is 0. The fourth-order valence-corrected chi connectivity index (χ4v) is 9.37. The molecule has 0 aliphatic rings. The van der Waals surface area contributed by atoms with Gasteiger partial charge >= 0.3 is 259 Å². The van der Waals surface area contributed by atoms with E-state index < -0.39 is 11.3 Å². The van der Waals surface area contributed by atoms with Crippen LogP contribution in [0.1, 0.15) is 37.1 Å². The Morgan fingerprint density at radius 2 is 1.07 bits per heavy atom. The molecule has 4 heterocycles. The molecule has 0 fully saturated rings. The molecule has 4 N–H and O–H groups in total. The van der Waals surface area contributed by atoms with Gasteiger partial charge in [0.05, 0.1) is 14.2 Å². The molecule has 0 bridgehead atoms. The number of nitrogens with zero attached hydrogens (tertiary/aromatic N) is 2. The Hall–Kier alpha value is -5.80. The van der Waals surface area contributed by atoms with Crippen molar-refractivity contribution in [1.82, 2.24) is 20.8 Å². The predicted molar refractivity (Wildman–Crippen MR) is 229 cm³/mol. The third kappa shape index (κ3) is 8.64. The van der Waals surface area contributed by atoms with Crippen molar-refractivity contribution in [2.75, 3.05) is 25.1 Å². The van der Waals surface area contributed by atoms with Gasteiger partial charge in [-0.25, -0.2) is 0 Å². The van der Waals surface area contributed by atoms with Gasteiger partial charge < -0.3 is 9.47 Å². The summed E-state index contributed by atoms with van der Waals surface area (Å²) in [5, 5.41) is 6.89. The van der Waals surface area contributed by atoms with Crippen molar-refractivity contribution in [2.24, 2.45) is 0 Å². The summed E-state index contributed by atoms with van der Waals surface area (Å²) in [7, 11) is 3.27. The number of nitrogens with one attached hydrogen (secondary N) is 4. The van der Waals surface area contributed by atoms with E-state index in [1.807, 2.05) is 110 Å². The van der Waals surface area contributed by atoms with E-state index in [0.29, 0.717) is 32.6 Å². The van der Waals surface area contributed by atoms with E-state index in [1.54, 1.807) is 14.2 Å². The largest absolute Gasteiger partial charge is 0.0105 e. The molecule has 57 heavy (non-hydrogen) atoms. The van der Waals surface area contributed by atoms with Crippen LogP contribution in [0.15, 0.2) is 126 Å². The first kappa shape index (κ1) is 38.1. The molecule has 0 radical (unpaired) electrons. The molecule has 0 amide bonds. The first-order chi connectivity index (χ1) is 27.7. The van der Waals surface area contributed by atoms with E-state index in [0.717, 1.165) is 53.7 Å². The summed E-state index contributed by atoms with van der Waals surface area (Å²) >= 11 is 2.81. The Labute approximate surface area is 341 Å². The Balaban J connectivity index is 0.937. The Kier molecular flexibility index (Phi) is 11.2. The Morgan fingerprint density at radius 3 is 1.51 bits per heavy atom. The standard InChI is InChI=1S/C42H36N6O6S2Se/c1-23(45-47-41-43-35(21-55-41)25-7-5-9-29(15-25)51-3)33-19-27-17-31(11-13-37(27)53-39(33)49)57-32-12-14-38-28(18-32)20-34(40(50)54-38)24(2)46-48-42-44-36(22-56-42)26-8-6-10-30(16-26)52-4/h5-24,45-46H,1-4H3,(H,43,47)(H,44,48). The van der Waals surface area contributed by atoms with E-state index in [1.165, 1.54) is 22.7 Å². The van der Waals surface area contributed by atoms with Gasteiger partial charge in [-0.3, -0.25) is 0 Å². The zero-order valence-electron chi connectivity index (χ0n) is 31.1. The Bertz CT molecular complexity index is 2650. The van der Waals surface area contributed by atoms with Gasteiger partial charge in [0.2, 0.25) is 0 Å². The van der Waals surface area contributed by atoms with Crippen LogP contribution in [-0.2, 0) is 0 Å². The average molecular weight is 864 g/mol. The number of hydrogen-bond donors (Lipinski definition) is 4. The van der Waals surface area contributed by atoms with E-state index in [9.17, 15) is 9.59 Å². The van der Waals surface area contributed by atoms with Crippen molar-refractivity contribution in [3.8, 4) is 34.0 Å². The number of benzene rings is 4. The molecule has 4 aromatic heterocycles. The van der Waals surface area contributed by atoms with Crippen molar-refractivity contribution >= 4 is 78.8 Å². The van der Waals surface area contributed by atoms with Gasteiger partial charge in [0.1, 0.15) is 11.5 Å². The fraction of sp³-hybridized carbons (Fsp3) is 0.143. The summed E-state index contributed by atoms with van der Waals surface area (Å²) in [4.78, 5) is 35.4. The number of hydrogen-bond acceptors (Lipinski definition) is 14. The molecule has 2 unspecified atom stereocenters. The zero-order chi connectivity index (χ0) is 39.5. The molecule has 2 atom stereocenters. The van der Waals surface area contributed by atoms with E-state index in [4.69, 9.17) is 18.3 Å². The number of rotatable bonds is 14. The van der Waals surface area contributed by atoms with Crippen molar-refractivity contribution in [3.63, 3.8) is 0 Å². The SMILES string of the molecule is COc1cccc(-c2csc(NNC(C)c3cc4cc([Se]c5ccc6oc(=O)c(C(C)NNc7nc(-c8cccc(OC)c8)cs7)cc6c5)ccc4oc3=O)n2)c1. The molecule has 0 spiro atoms. The third-order valence-corrected chi connectivity index (χ3v) is 12.7. The molecule has 8 rings (SSSR count). The maximum atomic E-state index is 13.0. The van der Waals surface area contributed by atoms with Crippen LogP contribution in [0.2, 0.25) is 0 Å². The molecule has 0 saturated carbocycles. The minimum absolute atomic E-state index is 0.0948. The Morgan fingerprint density at radius 1 is 0.614 bits per heavy atom. The molecule has 0 saturated heterocycles. The molecule has 4 aromatic carbocycles. The monoisotopic (exact) mass is 864 g/mol. The van der Waals surface area contributed by atoms with Crippen LogP contribution in [0.25, 0.3) is 44.5 Å². The van der Waals surface area contributed by atoms with Crippen LogP contribution >= 0.6 is 22.7 Å². The maximum absolute atomic E-state index is 13.0. The maximum Gasteiger partial charge on any atom is -0.0105 e. The quantitative estimate of drug-likeness (QED) is 0.0498. The average Bonchev–Trinajstić information content (AvgIpc) is 3.92. The van der Waals surface area contributed by atoms with Crippen LogP contribution in [0.3, 0.4) is 0 Å². The summed E-state index contributed by atoms with van der Waals surface area (Å²) in [6.45, 7) is 3.78. The van der Waals surface area contributed by atoms with Gasteiger partial charge in [-0.15, -0.1) is 0 Å². The van der Waals surface area contributed by atoms with Crippen molar-refractivity contribution in [1.29, 1.82) is 0 Å². The van der Waals surface area contributed by atoms with Crippen molar-refractivity contribution in [2.45, 2.75) is 25.9 Å². The zero-order valence-corrected chi connectivity index (χ0v) is 34.5. The van der Waals surface area contributed by atoms with Crippen molar-refractivity contribution < 1.29 is 18.3 Å². The number of fused-ring (bicyclic) bond motifs is 2. The predicted octanol–water partition coefficient (Wildman–Crippen LogP) is 7.17. The van der Waals surface area contributed by atoms with Gasteiger partial charge in [0.15, 0.2) is 0 Å². The minimum Gasteiger partial charge on any atom is -0.0105 e. The molecule has 12 nitrogen and oxygen atoms in total. The van der Waals surface area contributed by atoms with Gasteiger partial charge in [0.25, 0.3) is 0 Å². The third-order valence-electron chi connectivity index (χ3n) is 9.16. The molecule has 15 heteroatoms. The summed E-state index contributed by atoms with van der Waals surface area (Å²) in [5.74, 6) is 1.52. The number of aromatic nitrogens is 2. The molecule has 0 aliphatic heterocycles. The normalized spacial score (nSPS) is 12.4. The van der Waals surface area contributed by atoms with E-state index in [2.05, 4.69) is 43.8 Å². The second-order valence-electron chi connectivity index (χ2n) is 13.0. The first-order valence-corrected chi connectivity index (χ1v) is 21.3. The van der Waals surface area contributed by atoms with Gasteiger partial charge in [-0.05, 0) is 24.3 Å². The fourth-order valence-electron chi connectivity index (χ4n) is 6.09. The van der Waals surface area contributed by atoms with Gasteiger partial charge in [0, 0.05) is 0 Å². The number of hydrazine groups is 2. The van der Waals surface area contributed by atoms with Crippen LogP contribution in [0, 0.1) is 0 Å². The van der Waals surface area contributed by atoms with Crippen LogP contribution in [0.4, 0.5) is 10.3 Å². The molecule has 8 aromatic rings. The number of thiazole rings is 2. The van der Waals surface area contributed by atoms with E-state index in [-0.39, 0.29) is 27.0 Å². The smallest absolute Gasteiger partial charge is 0.0105 e. The summed E-state index contributed by atoms with van der Waals surface area (Å²) < 4.78 is 24.3. The summed E-state index contributed by atoms with van der Waals surface area (Å²) in [5.41, 5.74) is 17.4. The van der Waals surface area contributed by atoms with Gasteiger partial charge in [-0.2, -0.15) is 0 Å². The second-order valence-corrected chi connectivity index (χ2v) is 17.1. The van der Waals surface area contributed by atoms with Gasteiger partial charge in [-0.1, -0.05) is 24.3 Å². The minimum atomic E-state index is -0.408. The van der Waals surface area contributed by atoms with Crippen molar-refractivity contribution in [3.05, 3.63) is 140 Å². The second kappa shape index (κ2) is 16.7.